The second kappa shape index (κ2) is 8.98. The van der Waals surface area contributed by atoms with E-state index >= 15 is 0 Å². The summed E-state index contributed by atoms with van der Waals surface area (Å²) in [6.45, 7) is 0.964. The molecule has 3 rings (SSSR count). The first-order valence-corrected chi connectivity index (χ1v) is 9.22. The molecule has 0 saturated heterocycles. The van der Waals surface area contributed by atoms with Crippen molar-refractivity contribution in [3.63, 3.8) is 0 Å². The van der Waals surface area contributed by atoms with Gasteiger partial charge >= 0.3 is 0 Å². The molecule has 1 N–H and O–H groups in total. The van der Waals surface area contributed by atoms with Crippen LogP contribution in [-0.2, 0) is 0 Å². The van der Waals surface area contributed by atoms with Crippen molar-refractivity contribution in [1.82, 2.24) is 4.98 Å². The molecule has 1 heterocycles. The summed E-state index contributed by atoms with van der Waals surface area (Å²) < 4.78 is 0.677. The molecule has 0 amide bonds. The Labute approximate surface area is 164 Å². The number of nitrogens with zero attached hydrogens (tertiary/aromatic N) is 6. The third-order valence-electron chi connectivity index (χ3n) is 3.91. The standard InChI is InChI=1S/C18H16N6O3S/c19-9-2-10-23(11-12-25)14-7-5-13(6-8-14)21-22-18-20-17-15(24(26)27)3-1-4-16(17)28-18/h1,3-8,25H,2,10-12H2. The van der Waals surface area contributed by atoms with Crippen LogP contribution in [0.2, 0.25) is 0 Å². The number of rotatable bonds is 8. The molecule has 0 aliphatic heterocycles. The predicted molar refractivity (Wildman–Crippen MR) is 106 cm³/mol. The predicted octanol–water partition coefficient (Wildman–Crippen LogP) is 4.33. The summed E-state index contributed by atoms with van der Waals surface area (Å²) in [5.74, 6) is 0. The van der Waals surface area contributed by atoms with Crippen LogP contribution in [0, 0.1) is 21.4 Å². The summed E-state index contributed by atoms with van der Waals surface area (Å²) in [6.07, 6.45) is 0.366. The molecule has 3 aromatic rings. The van der Waals surface area contributed by atoms with Crippen LogP contribution in [0.25, 0.3) is 10.2 Å². The summed E-state index contributed by atoms with van der Waals surface area (Å²) in [7, 11) is 0. The largest absolute Gasteiger partial charge is 0.395 e. The Morgan fingerprint density at radius 3 is 2.68 bits per heavy atom. The number of nitro benzene ring substituents is 1. The van der Waals surface area contributed by atoms with Crippen molar-refractivity contribution in [1.29, 1.82) is 5.26 Å². The van der Waals surface area contributed by atoms with E-state index in [0.717, 1.165) is 5.69 Å². The highest BCUT2D eigenvalue weighted by molar-refractivity contribution is 7.22. The highest BCUT2D eigenvalue weighted by Crippen LogP contribution is 2.34. The number of non-ortho nitro benzene ring substituents is 1. The Balaban J connectivity index is 1.77. The van der Waals surface area contributed by atoms with Gasteiger partial charge in [-0.25, -0.2) is 4.98 Å². The van der Waals surface area contributed by atoms with E-state index in [-0.39, 0.29) is 12.3 Å². The number of hydrogen-bond acceptors (Lipinski definition) is 9. The third kappa shape index (κ3) is 4.46. The molecule has 0 radical (unpaired) electrons. The van der Waals surface area contributed by atoms with Gasteiger partial charge in [-0.2, -0.15) is 5.26 Å². The zero-order chi connectivity index (χ0) is 19.9. The number of azo groups is 1. The van der Waals surface area contributed by atoms with E-state index in [1.165, 1.54) is 17.4 Å². The van der Waals surface area contributed by atoms with Crippen LogP contribution in [-0.4, -0.2) is 34.7 Å². The Morgan fingerprint density at radius 2 is 2.00 bits per heavy atom. The first-order chi connectivity index (χ1) is 13.6. The number of nitro groups is 1. The Bertz CT molecular complexity index is 1040. The van der Waals surface area contributed by atoms with E-state index in [4.69, 9.17) is 10.4 Å². The molecule has 0 spiro atoms. The Morgan fingerprint density at radius 1 is 1.21 bits per heavy atom. The number of anilines is 1. The smallest absolute Gasteiger partial charge is 0.296 e. The molecule has 0 fully saturated rings. The molecule has 28 heavy (non-hydrogen) atoms. The van der Waals surface area contributed by atoms with E-state index < -0.39 is 4.92 Å². The molecular weight excluding hydrogens is 380 g/mol. The van der Waals surface area contributed by atoms with Crippen LogP contribution in [0.3, 0.4) is 0 Å². The quantitative estimate of drug-likeness (QED) is 0.343. The van der Waals surface area contributed by atoms with Crippen molar-refractivity contribution in [2.75, 3.05) is 24.6 Å². The molecular formula is C18H16N6O3S. The van der Waals surface area contributed by atoms with Crippen molar-refractivity contribution in [2.45, 2.75) is 6.42 Å². The number of benzene rings is 2. The summed E-state index contributed by atoms with van der Waals surface area (Å²) in [5.41, 5.74) is 1.72. The highest BCUT2D eigenvalue weighted by atomic mass is 32.1. The second-order valence-corrected chi connectivity index (χ2v) is 6.72. The average molecular weight is 396 g/mol. The lowest BCUT2D eigenvalue weighted by Crippen LogP contribution is -2.27. The van der Waals surface area contributed by atoms with E-state index in [1.54, 1.807) is 24.3 Å². The number of para-hydroxylation sites is 1. The Kier molecular flexibility index (Phi) is 6.21. The lowest BCUT2D eigenvalue weighted by molar-refractivity contribution is -0.383. The van der Waals surface area contributed by atoms with Crippen LogP contribution in [0.4, 0.5) is 22.2 Å². The van der Waals surface area contributed by atoms with Gasteiger partial charge in [0.2, 0.25) is 5.13 Å². The van der Waals surface area contributed by atoms with E-state index in [1.807, 2.05) is 17.0 Å². The number of aliphatic hydroxyl groups excluding tert-OH is 1. The summed E-state index contributed by atoms with van der Waals surface area (Å²) in [5, 5.41) is 37.6. The fraction of sp³-hybridized carbons (Fsp3) is 0.222. The van der Waals surface area contributed by atoms with Gasteiger partial charge in [0.05, 0.1) is 34.4 Å². The van der Waals surface area contributed by atoms with Gasteiger partial charge in [-0.05, 0) is 30.3 Å². The van der Waals surface area contributed by atoms with Gasteiger partial charge in [0, 0.05) is 24.8 Å². The zero-order valence-electron chi connectivity index (χ0n) is 14.7. The van der Waals surface area contributed by atoms with Gasteiger partial charge in [0.1, 0.15) is 0 Å². The molecule has 0 saturated carbocycles. The van der Waals surface area contributed by atoms with Crippen molar-refractivity contribution in [2.24, 2.45) is 10.2 Å². The van der Waals surface area contributed by atoms with E-state index in [2.05, 4.69) is 21.3 Å². The first kappa shape index (κ1) is 19.3. The first-order valence-electron chi connectivity index (χ1n) is 8.41. The van der Waals surface area contributed by atoms with Gasteiger partial charge in [-0.15, -0.1) is 10.2 Å². The van der Waals surface area contributed by atoms with Crippen molar-refractivity contribution >= 4 is 43.7 Å². The van der Waals surface area contributed by atoms with Gasteiger partial charge in [-0.1, -0.05) is 17.4 Å². The van der Waals surface area contributed by atoms with Gasteiger partial charge in [-0.3, -0.25) is 10.1 Å². The Hall–Kier alpha value is -3.42. The highest BCUT2D eigenvalue weighted by Gasteiger charge is 2.15. The van der Waals surface area contributed by atoms with Crippen molar-refractivity contribution in [3.8, 4) is 6.07 Å². The minimum absolute atomic E-state index is 0.00334. The normalized spacial score (nSPS) is 11.0. The van der Waals surface area contributed by atoms with Crippen LogP contribution >= 0.6 is 11.3 Å². The van der Waals surface area contributed by atoms with Gasteiger partial charge < -0.3 is 10.0 Å². The third-order valence-corrected chi connectivity index (χ3v) is 4.82. The van der Waals surface area contributed by atoms with E-state index in [9.17, 15) is 10.1 Å². The molecule has 2 aromatic carbocycles. The molecule has 0 aliphatic carbocycles. The number of thiazole rings is 1. The number of aliphatic hydroxyl groups is 1. The molecule has 0 unspecified atom stereocenters. The van der Waals surface area contributed by atoms with E-state index in [0.29, 0.717) is 40.5 Å². The van der Waals surface area contributed by atoms with Gasteiger partial charge in [0.25, 0.3) is 5.69 Å². The molecule has 10 heteroatoms. The second-order valence-electron chi connectivity index (χ2n) is 5.71. The fourth-order valence-electron chi connectivity index (χ4n) is 2.62. The summed E-state index contributed by atoms with van der Waals surface area (Å²) in [6, 6.07) is 14.1. The number of hydrogen-bond donors (Lipinski definition) is 1. The maximum absolute atomic E-state index is 11.1. The lowest BCUT2D eigenvalue weighted by Gasteiger charge is -2.22. The maximum Gasteiger partial charge on any atom is 0.296 e. The van der Waals surface area contributed by atoms with Crippen LogP contribution < -0.4 is 4.90 Å². The number of fused-ring (bicyclic) bond motifs is 1. The molecule has 142 valence electrons. The molecule has 0 aliphatic rings. The van der Waals surface area contributed by atoms with Crippen molar-refractivity contribution < 1.29 is 10.0 Å². The van der Waals surface area contributed by atoms with Gasteiger partial charge in [0.15, 0.2) is 5.52 Å². The lowest BCUT2D eigenvalue weighted by atomic mass is 10.2. The van der Waals surface area contributed by atoms with Crippen LogP contribution in [0.1, 0.15) is 6.42 Å². The SMILES string of the molecule is N#CCCN(CCO)c1ccc(N=Nc2nc3c([N+](=O)[O-])cccc3s2)cc1. The number of aromatic nitrogens is 1. The summed E-state index contributed by atoms with van der Waals surface area (Å²) >= 11 is 1.23. The average Bonchev–Trinajstić information content (AvgIpc) is 3.13. The van der Waals surface area contributed by atoms with Crippen LogP contribution in [0.15, 0.2) is 52.7 Å². The minimum atomic E-state index is -0.466. The maximum atomic E-state index is 11.1. The monoisotopic (exact) mass is 396 g/mol. The molecule has 1 aromatic heterocycles. The zero-order valence-corrected chi connectivity index (χ0v) is 15.5. The molecule has 9 nitrogen and oxygen atoms in total. The van der Waals surface area contributed by atoms with Crippen LogP contribution in [0.5, 0.6) is 0 Å². The molecule has 0 bridgehead atoms. The van der Waals surface area contributed by atoms with Crippen molar-refractivity contribution in [3.05, 3.63) is 52.6 Å². The minimum Gasteiger partial charge on any atom is -0.395 e. The molecule has 0 atom stereocenters. The number of nitriles is 1. The fourth-order valence-corrected chi connectivity index (χ4v) is 3.43. The summed E-state index contributed by atoms with van der Waals surface area (Å²) in [4.78, 5) is 16.7. The topological polar surface area (TPSA) is 128 Å².